The standard InChI is InChI=1S/C9H7Cl3/c10-5-1-2-7-3-4-8(11)6-9(7)12/h1-4,6H,5H2. The molecule has 0 aliphatic heterocycles. The number of rotatable bonds is 2. The van der Waals surface area contributed by atoms with E-state index in [-0.39, 0.29) is 0 Å². The molecule has 0 N–H and O–H groups in total. The number of benzene rings is 1. The summed E-state index contributed by atoms with van der Waals surface area (Å²) in [4.78, 5) is 0. The van der Waals surface area contributed by atoms with Gasteiger partial charge in [-0.25, -0.2) is 0 Å². The van der Waals surface area contributed by atoms with Gasteiger partial charge in [-0.05, 0) is 17.7 Å². The zero-order valence-electron chi connectivity index (χ0n) is 6.23. The van der Waals surface area contributed by atoms with Gasteiger partial charge in [-0.3, -0.25) is 0 Å². The van der Waals surface area contributed by atoms with E-state index in [9.17, 15) is 0 Å². The SMILES string of the molecule is ClCC=Cc1ccc(Cl)cc1Cl. The van der Waals surface area contributed by atoms with Crippen LogP contribution >= 0.6 is 34.8 Å². The van der Waals surface area contributed by atoms with Crippen LogP contribution in [0.15, 0.2) is 24.3 Å². The lowest BCUT2D eigenvalue weighted by Gasteiger charge is -1.97. The topological polar surface area (TPSA) is 0 Å². The van der Waals surface area contributed by atoms with Gasteiger partial charge in [0.2, 0.25) is 0 Å². The van der Waals surface area contributed by atoms with E-state index in [0.717, 1.165) is 5.56 Å². The summed E-state index contributed by atoms with van der Waals surface area (Å²) >= 11 is 17.1. The normalized spacial score (nSPS) is 10.9. The molecule has 1 rings (SSSR count). The summed E-state index contributed by atoms with van der Waals surface area (Å²) < 4.78 is 0. The Hall–Kier alpha value is -0.170. The van der Waals surface area contributed by atoms with Crippen molar-refractivity contribution in [1.82, 2.24) is 0 Å². The molecule has 0 spiro atoms. The van der Waals surface area contributed by atoms with Crippen molar-refractivity contribution in [1.29, 1.82) is 0 Å². The van der Waals surface area contributed by atoms with E-state index < -0.39 is 0 Å². The second-order valence-electron chi connectivity index (χ2n) is 2.22. The van der Waals surface area contributed by atoms with Gasteiger partial charge in [0.25, 0.3) is 0 Å². The smallest absolute Gasteiger partial charge is 0.0493 e. The van der Waals surface area contributed by atoms with Gasteiger partial charge in [-0.2, -0.15) is 0 Å². The van der Waals surface area contributed by atoms with Crippen molar-refractivity contribution in [2.45, 2.75) is 0 Å². The fourth-order valence-electron chi connectivity index (χ4n) is 0.808. The van der Waals surface area contributed by atoms with Crippen molar-refractivity contribution in [3.63, 3.8) is 0 Å². The second-order valence-corrected chi connectivity index (χ2v) is 3.37. The molecule has 0 aromatic heterocycles. The zero-order valence-corrected chi connectivity index (χ0v) is 8.50. The Labute approximate surface area is 86.7 Å². The summed E-state index contributed by atoms with van der Waals surface area (Å²) in [5, 5.41) is 1.28. The highest BCUT2D eigenvalue weighted by Crippen LogP contribution is 2.21. The average molecular weight is 222 g/mol. The number of hydrogen-bond donors (Lipinski definition) is 0. The van der Waals surface area contributed by atoms with Crippen molar-refractivity contribution in [3.05, 3.63) is 39.9 Å². The van der Waals surface area contributed by atoms with Crippen LogP contribution in [0.5, 0.6) is 0 Å². The minimum atomic E-state index is 0.485. The molecule has 0 unspecified atom stereocenters. The van der Waals surface area contributed by atoms with Crippen LogP contribution in [0.3, 0.4) is 0 Å². The van der Waals surface area contributed by atoms with E-state index in [2.05, 4.69) is 0 Å². The highest BCUT2D eigenvalue weighted by atomic mass is 35.5. The van der Waals surface area contributed by atoms with Gasteiger partial charge in [-0.15, -0.1) is 11.6 Å². The number of allylic oxidation sites excluding steroid dienone is 1. The summed E-state index contributed by atoms with van der Waals surface area (Å²) in [7, 11) is 0. The third-order valence-corrected chi connectivity index (χ3v) is 2.09. The Balaban J connectivity index is 2.94. The van der Waals surface area contributed by atoms with E-state index in [4.69, 9.17) is 34.8 Å². The fourth-order valence-corrected chi connectivity index (χ4v) is 1.37. The predicted molar refractivity (Wildman–Crippen MR) is 56.2 cm³/mol. The minimum Gasteiger partial charge on any atom is -0.122 e. The molecule has 12 heavy (non-hydrogen) atoms. The fraction of sp³-hybridized carbons (Fsp3) is 0.111. The Morgan fingerprint density at radius 2 is 2.00 bits per heavy atom. The van der Waals surface area contributed by atoms with Crippen molar-refractivity contribution in [2.24, 2.45) is 0 Å². The van der Waals surface area contributed by atoms with Crippen molar-refractivity contribution >= 4 is 40.9 Å². The molecule has 1 aromatic carbocycles. The number of hydrogen-bond acceptors (Lipinski definition) is 0. The van der Waals surface area contributed by atoms with Crippen LogP contribution in [-0.2, 0) is 0 Å². The van der Waals surface area contributed by atoms with Gasteiger partial charge in [0.05, 0.1) is 0 Å². The van der Waals surface area contributed by atoms with Gasteiger partial charge < -0.3 is 0 Å². The molecule has 0 aliphatic rings. The Bertz CT molecular complexity index is 292. The molecule has 0 saturated carbocycles. The maximum Gasteiger partial charge on any atom is 0.0493 e. The first-order valence-corrected chi connectivity index (χ1v) is 4.70. The highest BCUT2D eigenvalue weighted by molar-refractivity contribution is 6.35. The molecule has 64 valence electrons. The van der Waals surface area contributed by atoms with Crippen molar-refractivity contribution in [2.75, 3.05) is 5.88 Å². The molecular formula is C9H7Cl3. The van der Waals surface area contributed by atoms with Crippen LogP contribution in [0.25, 0.3) is 6.08 Å². The molecule has 0 saturated heterocycles. The maximum atomic E-state index is 5.89. The van der Waals surface area contributed by atoms with E-state index in [1.54, 1.807) is 12.1 Å². The molecule has 0 nitrogen and oxygen atoms in total. The largest absolute Gasteiger partial charge is 0.122 e. The summed E-state index contributed by atoms with van der Waals surface area (Å²) in [5.41, 5.74) is 0.932. The van der Waals surface area contributed by atoms with Crippen LogP contribution in [0.4, 0.5) is 0 Å². The van der Waals surface area contributed by atoms with E-state index in [1.807, 2.05) is 18.2 Å². The van der Waals surface area contributed by atoms with Gasteiger partial charge in [0.1, 0.15) is 0 Å². The van der Waals surface area contributed by atoms with Crippen LogP contribution in [0, 0.1) is 0 Å². The van der Waals surface area contributed by atoms with E-state index in [1.165, 1.54) is 0 Å². The van der Waals surface area contributed by atoms with Crippen LogP contribution in [0.2, 0.25) is 10.0 Å². The quantitative estimate of drug-likeness (QED) is 0.655. The van der Waals surface area contributed by atoms with Crippen molar-refractivity contribution < 1.29 is 0 Å². The first-order valence-electron chi connectivity index (χ1n) is 3.41. The lowest BCUT2D eigenvalue weighted by molar-refractivity contribution is 1.64. The summed E-state index contributed by atoms with van der Waals surface area (Å²) in [6.45, 7) is 0. The molecule has 0 radical (unpaired) electrons. The monoisotopic (exact) mass is 220 g/mol. The first kappa shape index (κ1) is 9.91. The zero-order chi connectivity index (χ0) is 8.97. The molecule has 0 bridgehead atoms. The Kier molecular flexibility index (Phi) is 3.93. The third-order valence-electron chi connectivity index (χ3n) is 1.35. The van der Waals surface area contributed by atoms with Gasteiger partial charge in [0.15, 0.2) is 0 Å². The van der Waals surface area contributed by atoms with Crippen molar-refractivity contribution in [3.8, 4) is 0 Å². The summed E-state index contributed by atoms with van der Waals surface area (Å²) in [5.74, 6) is 0.485. The Morgan fingerprint density at radius 3 is 2.58 bits per heavy atom. The van der Waals surface area contributed by atoms with E-state index >= 15 is 0 Å². The van der Waals surface area contributed by atoms with Gasteiger partial charge in [0, 0.05) is 15.9 Å². The number of alkyl halides is 1. The molecular weight excluding hydrogens is 214 g/mol. The summed E-state index contributed by atoms with van der Waals surface area (Å²) in [6.07, 6.45) is 3.70. The molecule has 1 aromatic rings. The minimum absolute atomic E-state index is 0.485. The second kappa shape index (κ2) is 4.76. The predicted octanol–water partition coefficient (Wildman–Crippen LogP) is 4.25. The maximum absolute atomic E-state index is 5.89. The van der Waals surface area contributed by atoms with E-state index in [0.29, 0.717) is 15.9 Å². The van der Waals surface area contributed by atoms with Crippen LogP contribution in [-0.4, -0.2) is 5.88 Å². The van der Waals surface area contributed by atoms with Gasteiger partial charge >= 0.3 is 0 Å². The lowest BCUT2D eigenvalue weighted by Crippen LogP contribution is -1.74. The first-order chi connectivity index (χ1) is 5.74. The molecule has 0 atom stereocenters. The van der Waals surface area contributed by atoms with Crippen LogP contribution in [0.1, 0.15) is 5.56 Å². The highest BCUT2D eigenvalue weighted by Gasteiger charge is 1.95. The molecule has 0 aliphatic carbocycles. The molecule has 0 amide bonds. The summed E-state index contributed by atoms with van der Waals surface area (Å²) in [6, 6.07) is 5.35. The molecule has 0 fully saturated rings. The average Bonchev–Trinajstić information content (AvgIpc) is 2.03. The Morgan fingerprint density at radius 1 is 1.25 bits per heavy atom. The molecule has 0 heterocycles. The van der Waals surface area contributed by atoms with Crippen LogP contribution < -0.4 is 0 Å². The number of halogens is 3. The van der Waals surface area contributed by atoms with Gasteiger partial charge in [-0.1, -0.05) is 41.4 Å². The third kappa shape index (κ3) is 2.71. The molecule has 3 heteroatoms. The lowest BCUT2D eigenvalue weighted by atomic mass is 10.2.